The number of nitrogens with zero attached hydrogens (tertiary/aromatic N) is 3. The van der Waals surface area contributed by atoms with Crippen molar-refractivity contribution in [3.8, 4) is 0 Å². The van der Waals surface area contributed by atoms with Gasteiger partial charge < -0.3 is 10.0 Å². The van der Waals surface area contributed by atoms with Gasteiger partial charge >= 0.3 is 5.97 Å². The molecule has 2 rings (SSSR count). The van der Waals surface area contributed by atoms with Crippen molar-refractivity contribution in [2.75, 3.05) is 13.1 Å². The first-order valence-corrected chi connectivity index (χ1v) is 5.54. The monoisotopic (exact) mass is 235 g/mol. The van der Waals surface area contributed by atoms with Crippen LogP contribution in [-0.4, -0.2) is 44.9 Å². The van der Waals surface area contributed by atoms with E-state index in [2.05, 4.69) is 9.97 Å². The number of carboxylic acids is 1. The summed E-state index contributed by atoms with van der Waals surface area (Å²) in [5.74, 6) is -1.78. The quantitative estimate of drug-likeness (QED) is 0.819. The zero-order chi connectivity index (χ0) is 12.3. The van der Waals surface area contributed by atoms with Gasteiger partial charge in [0.2, 0.25) is 5.82 Å². The molecule has 1 aromatic heterocycles. The Labute approximate surface area is 98.3 Å². The Bertz CT molecular complexity index is 441. The second-order valence-electron chi connectivity index (χ2n) is 3.92. The molecule has 1 saturated heterocycles. The lowest BCUT2D eigenvalue weighted by molar-refractivity contribution is 0.0681. The number of carbonyl (C=O) groups excluding carboxylic acids is 1. The minimum Gasteiger partial charge on any atom is -0.475 e. The van der Waals surface area contributed by atoms with Crippen molar-refractivity contribution in [1.82, 2.24) is 14.9 Å². The molecule has 2 heterocycles. The first-order valence-electron chi connectivity index (χ1n) is 5.54. The molecule has 0 aliphatic carbocycles. The molecule has 0 unspecified atom stereocenters. The van der Waals surface area contributed by atoms with Gasteiger partial charge in [-0.2, -0.15) is 0 Å². The molecule has 0 aromatic carbocycles. The molecule has 6 nitrogen and oxygen atoms in total. The van der Waals surface area contributed by atoms with E-state index >= 15 is 0 Å². The van der Waals surface area contributed by atoms with Crippen LogP contribution in [0.5, 0.6) is 0 Å². The Balaban J connectivity index is 2.18. The molecule has 17 heavy (non-hydrogen) atoms. The SMILES string of the molecule is O=C(O)c1nccc(C(=O)N2CCCCC2)n1. The van der Waals surface area contributed by atoms with Gasteiger partial charge in [-0.3, -0.25) is 4.79 Å². The van der Waals surface area contributed by atoms with E-state index in [0.717, 1.165) is 19.3 Å². The van der Waals surface area contributed by atoms with E-state index in [0.29, 0.717) is 13.1 Å². The lowest BCUT2D eigenvalue weighted by Gasteiger charge is -2.26. The number of rotatable bonds is 2. The van der Waals surface area contributed by atoms with E-state index in [1.807, 2.05) is 0 Å². The largest absolute Gasteiger partial charge is 0.475 e. The summed E-state index contributed by atoms with van der Waals surface area (Å²) in [6.45, 7) is 1.43. The molecule has 1 aromatic rings. The third kappa shape index (κ3) is 2.58. The molecular weight excluding hydrogens is 222 g/mol. The van der Waals surface area contributed by atoms with Gasteiger partial charge in [0, 0.05) is 19.3 Å². The van der Waals surface area contributed by atoms with Gasteiger partial charge in [0.1, 0.15) is 5.69 Å². The van der Waals surface area contributed by atoms with E-state index < -0.39 is 5.97 Å². The molecule has 6 heteroatoms. The highest BCUT2D eigenvalue weighted by Crippen LogP contribution is 2.11. The Morgan fingerprint density at radius 3 is 2.59 bits per heavy atom. The summed E-state index contributed by atoms with van der Waals surface area (Å²) in [6, 6.07) is 1.45. The van der Waals surface area contributed by atoms with Crippen molar-refractivity contribution in [1.29, 1.82) is 0 Å². The summed E-state index contributed by atoms with van der Waals surface area (Å²) in [5.41, 5.74) is 0.152. The first-order chi connectivity index (χ1) is 8.18. The van der Waals surface area contributed by atoms with Gasteiger partial charge in [0.25, 0.3) is 5.91 Å². The van der Waals surface area contributed by atoms with Crippen molar-refractivity contribution in [3.63, 3.8) is 0 Å². The number of aromatic carboxylic acids is 1. The topological polar surface area (TPSA) is 83.4 Å². The highest BCUT2D eigenvalue weighted by atomic mass is 16.4. The molecular formula is C11H13N3O3. The predicted octanol–water partition coefficient (Wildman–Crippen LogP) is 0.801. The van der Waals surface area contributed by atoms with E-state index in [9.17, 15) is 9.59 Å². The maximum atomic E-state index is 12.0. The van der Waals surface area contributed by atoms with Crippen LogP contribution in [0, 0.1) is 0 Å². The molecule has 1 N–H and O–H groups in total. The molecule has 1 aliphatic heterocycles. The number of hydrogen-bond acceptors (Lipinski definition) is 4. The number of aromatic nitrogens is 2. The van der Waals surface area contributed by atoms with Crippen LogP contribution in [-0.2, 0) is 0 Å². The fourth-order valence-electron chi connectivity index (χ4n) is 1.84. The lowest BCUT2D eigenvalue weighted by Crippen LogP contribution is -2.36. The summed E-state index contributed by atoms with van der Waals surface area (Å²) < 4.78 is 0. The smallest absolute Gasteiger partial charge is 0.373 e. The summed E-state index contributed by atoms with van der Waals surface area (Å²) in [7, 11) is 0. The number of carboxylic acid groups (broad SMARTS) is 1. The third-order valence-electron chi connectivity index (χ3n) is 2.71. The average Bonchev–Trinajstić information content (AvgIpc) is 2.39. The maximum absolute atomic E-state index is 12.0. The highest BCUT2D eigenvalue weighted by molar-refractivity contribution is 5.93. The number of carbonyl (C=O) groups is 2. The molecule has 1 amide bonds. The van der Waals surface area contributed by atoms with Crippen LogP contribution in [0.15, 0.2) is 12.3 Å². The fraction of sp³-hybridized carbons (Fsp3) is 0.455. The van der Waals surface area contributed by atoms with Crippen LogP contribution in [0.2, 0.25) is 0 Å². The minimum absolute atomic E-state index is 0.152. The summed E-state index contributed by atoms with van der Waals surface area (Å²) >= 11 is 0. The van der Waals surface area contributed by atoms with Crippen molar-refractivity contribution >= 4 is 11.9 Å². The van der Waals surface area contributed by atoms with Gasteiger partial charge in [0.15, 0.2) is 0 Å². The molecule has 1 fully saturated rings. The zero-order valence-corrected chi connectivity index (χ0v) is 9.30. The standard InChI is InChI=1S/C11H13N3O3/c15-10(14-6-2-1-3-7-14)8-4-5-12-9(13-8)11(16)17/h4-5H,1-3,6-7H2,(H,16,17). The van der Waals surface area contributed by atoms with Gasteiger partial charge in [-0.15, -0.1) is 0 Å². The second-order valence-corrected chi connectivity index (χ2v) is 3.92. The Hall–Kier alpha value is -1.98. The van der Waals surface area contributed by atoms with E-state index in [1.165, 1.54) is 12.3 Å². The highest BCUT2D eigenvalue weighted by Gasteiger charge is 2.20. The normalized spacial score (nSPS) is 15.6. The number of likely N-dealkylation sites (tertiary alicyclic amines) is 1. The minimum atomic E-state index is -1.22. The molecule has 1 aliphatic rings. The van der Waals surface area contributed by atoms with Crippen molar-refractivity contribution in [3.05, 3.63) is 23.8 Å². The predicted molar refractivity (Wildman–Crippen MR) is 58.7 cm³/mol. The molecule has 0 radical (unpaired) electrons. The third-order valence-corrected chi connectivity index (χ3v) is 2.71. The van der Waals surface area contributed by atoms with Crippen LogP contribution in [0.1, 0.15) is 40.4 Å². The Morgan fingerprint density at radius 2 is 1.94 bits per heavy atom. The van der Waals surface area contributed by atoms with Crippen molar-refractivity contribution in [2.24, 2.45) is 0 Å². The van der Waals surface area contributed by atoms with Gasteiger partial charge in [-0.25, -0.2) is 14.8 Å². The first kappa shape index (κ1) is 11.5. The number of hydrogen-bond donors (Lipinski definition) is 1. The van der Waals surface area contributed by atoms with Crippen LogP contribution in [0.25, 0.3) is 0 Å². The fourth-order valence-corrected chi connectivity index (χ4v) is 1.84. The van der Waals surface area contributed by atoms with Crippen LogP contribution in [0.4, 0.5) is 0 Å². The van der Waals surface area contributed by atoms with E-state index in [1.54, 1.807) is 4.90 Å². The van der Waals surface area contributed by atoms with E-state index in [4.69, 9.17) is 5.11 Å². The van der Waals surface area contributed by atoms with Crippen LogP contribution < -0.4 is 0 Å². The van der Waals surface area contributed by atoms with E-state index in [-0.39, 0.29) is 17.4 Å². The second kappa shape index (κ2) is 4.90. The van der Waals surface area contributed by atoms with Gasteiger partial charge in [-0.05, 0) is 25.3 Å². The average molecular weight is 235 g/mol. The molecule has 0 spiro atoms. The van der Waals surface area contributed by atoms with Crippen molar-refractivity contribution < 1.29 is 14.7 Å². The molecule has 0 atom stereocenters. The van der Waals surface area contributed by atoms with Crippen molar-refractivity contribution in [2.45, 2.75) is 19.3 Å². The molecule has 90 valence electrons. The molecule has 0 saturated carbocycles. The van der Waals surface area contributed by atoms with Crippen LogP contribution in [0.3, 0.4) is 0 Å². The number of amides is 1. The summed E-state index contributed by atoms with van der Waals surface area (Å²) in [6.07, 6.45) is 4.41. The maximum Gasteiger partial charge on any atom is 0.373 e. The van der Waals surface area contributed by atoms with Gasteiger partial charge in [0.05, 0.1) is 0 Å². The Kier molecular flexibility index (Phi) is 3.32. The van der Waals surface area contributed by atoms with Crippen LogP contribution >= 0.6 is 0 Å². The molecule has 0 bridgehead atoms. The van der Waals surface area contributed by atoms with Gasteiger partial charge in [-0.1, -0.05) is 0 Å². The summed E-state index contributed by atoms with van der Waals surface area (Å²) in [5, 5.41) is 8.75. The Morgan fingerprint density at radius 1 is 1.24 bits per heavy atom. The number of piperidine rings is 1. The lowest BCUT2D eigenvalue weighted by atomic mass is 10.1. The summed E-state index contributed by atoms with van der Waals surface area (Å²) in [4.78, 5) is 31.8. The zero-order valence-electron chi connectivity index (χ0n) is 9.30.